The molecule has 0 amide bonds. The second-order valence-corrected chi connectivity index (χ2v) is 7.64. The molecule has 0 fully saturated rings. The van der Waals surface area contributed by atoms with Crippen LogP contribution in [-0.2, 0) is 13.1 Å². The van der Waals surface area contributed by atoms with Crippen molar-refractivity contribution in [3.63, 3.8) is 0 Å². The van der Waals surface area contributed by atoms with Gasteiger partial charge < -0.3 is 13.1 Å². The summed E-state index contributed by atoms with van der Waals surface area (Å²) in [7, 11) is 0.0153. The number of rotatable bonds is 9. The molecule has 0 aromatic rings. The summed E-state index contributed by atoms with van der Waals surface area (Å²) >= 11 is 0. The van der Waals surface area contributed by atoms with Crippen molar-refractivity contribution in [2.45, 2.75) is 19.4 Å². The van der Waals surface area contributed by atoms with Crippen molar-refractivity contribution in [3.05, 3.63) is 0 Å². The van der Waals surface area contributed by atoms with Gasteiger partial charge in [-0.3, -0.25) is 0 Å². The van der Waals surface area contributed by atoms with Crippen LogP contribution in [0.5, 0.6) is 0 Å². The van der Waals surface area contributed by atoms with E-state index in [2.05, 4.69) is 5.48 Å². The summed E-state index contributed by atoms with van der Waals surface area (Å²) in [4.78, 5) is 4.98. The first kappa shape index (κ1) is 12.5. The second-order valence-electron chi connectivity index (χ2n) is 2.35. The molecular formula is C5H19NO3Si3. The third-order valence-electron chi connectivity index (χ3n) is 1.27. The molecule has 0 aliphatic heterocycles. The molecule has 0 aliphatic carbocycles. The number of nitrogens with one attached hydrogen (secondary N) is 1. The maximum atomic E-state index is 5.41. The summed E-state index contributed by atoms with van der Waals surface area (Å²) in [6, 6.07) is 1.22. The van der Waals surface area contributed by atoms with Gasteiger partial charge in [-0.05, 0) is 19.4 Å². The molecule has 7 heteroatoms. The largest absolute Gasteiger partial charge is 0.449 e. The fourth-order valence-corrected chi connectivity index (χ4v) is 4.63. The van der Waals surface area contributed by atoms with E-state index >= 15 is 0 Å². The normalized spacial score (nSPS) is 12.8. The SMILES string of the molecule is CCONCCC[SiH2]O[SiH2]O[SiH3]. The molecule has 0 aromatic heterocycles. The third-order valence-corrected chi connectivity index (χ3v) is 4.82. The minimum atomic E-state index is -0.550. The third kappa shape index (κ3) is 10.5. The van der Waals surface area contributed by atoms with E-state index in [4.69, 9.17) is 13.1 Å². The summed E-state index contributed by atoms with van der Waals surface area (Å²) in [5.41, 5.74) is 2.88. The minimum Gasteiger partial charge on any atom is -0.449 e. The Balaban J connectivity index is 2.73. The zero-order chi connectivity index (χ0) is 9.07. The molecular weight excluding hydrogens is 206 g/mol. The van der Waals surface area contributed by atoms with E-state index in [1.807, 2.05) is 6.92 Å². The molecule has 0 saturated carbocycles. The summed E-state index contributed by atoms with van der Waals surface area (Å²) in [6.45, 7) is 3.64. The molecule has 0 bridgehead atoms. The van der Waals surface area contributed by atoms with E-state index in [9.17, 15) is 0 Å². The monoisotopic (exact) mass is 225 g/mol. The Kier molecular flexibility index (Phi) is 12.0. The standard InChI is InChI=1S/C5H19NO3Si3/c1-2-7-6-4-3-5-11-9-12-8-10/h6H,2-5,11-12H2,1,10H3. The lowest BCUT2D eigenvalue weighted by Gasteiger charge is -2.03. The van der Waals surface area contributed by atoms with Crippen molar-refractivity contribution < 1.29 is 13.1 Å². The average Bonchev–Trinajstić information content (AvgIpc) is 2.10. The molecule has 0 radical (unpaired) electrons. The van der Waals surface area contributed by atoms with Crippen LogP contribution in [0.1, 0.15) is 13.3 Å². The molecule has 0 spiro atoms. The molecule has 0 aromatic carbocycles. The smallest absolute Gasteiger partial charge is 0.282 e. The lowest BCUT2D eigenvalue weighted by atomic mass is 10.5. The van der Waals surface area contributed by atoms with Crippen LogP contribution in [-0.4, -0.2) is 43.4 Å². The Morgan fingerprint density at radius 3 is 3.00 bits per heavy atom. The first-order valence-electron chi connectivity index (χ1n) is 4.33. The summed E-state index contributed by atoms with van der Waals surface area (Å²) in [5, 5.41) is 0. The van der Waals surface area contributed by atoms with Gasteiger partial charge in [0.1, 0.15) is 20.2 Å². The van der Waals surface area contributed by atoms with Crippen molar-refractivity contribution in [2.24, 2.45) is 0 Å². The fraction of sp³-hybridized carbons (Fsp3) is 1.00. The van der Waals surface area contributed by atoms with Crippen LogP contribution in [0.2, 0.25) is 6.04 Å². The molecule has 0 rings (SSSR count). The molecule has 1 N–H and O–H groups in total. The molecule has 74 valence electrons. The molecule has 0 atom stereocenters. The molecule has 0 unspecified atom stereocenters. The van der Waals surface area contributed by atoms with E-state index in [1.54, 1.807) is 0 Å². The molecule has 0 heterocycles. The highest BCUT2D eigenvalue weighted by atomic mass is 28.3. The Hall–Kier alpha value is 0.491. The molecule has 4 nitrogen and oxygen atoms in total. The van der Waals surface area contributed by atoms with Gasteiger partial charge in [-0.15, -0.1) is 0 Å². The van der Waals surface area contributed by atoms with E-state index in [0.29, 0.717) is 0 Å². The Morgan fingerprint density at radius 2 is 2.33 bits per heavy atom. The van der Waals surface area contributed by atoms with Gasteiger partial charge in [-0.2, -0.15) is 0 Å². The lowest BCUT2D eigenvalue weighted by Crippen LogP contribution is -2.16. The molecule has 0 aliphatic rings. The fourth-order valence-electron chi connectivity index (χ4n) is 0.718. The van der Waals surface area contributed by atoms with Crippen LogP contribution >= 0.6 is 0 Å². The number of hydroxylamine groups is 1. The highest BCUT2D eigenvalue weighted by molar-refractivity contribution is 6.41. The van der Waals surface area contributed by atoms with Crippen molar-refractivity contribution in [1.29, 1.82) is 0 Å². The van der Waals surface area contributed by atoms with Gasteiger partial charge in [0.2, 0.25) is 0 Å². The molecule has 12 heavy (non-hydrogen) atoms. The molecule has 0 saturated heterocycles. The Labute approximate surface area is 81.9 Å². The van der Waals surface area contributed by atoms with E-state index in [1.165, 1.54) is 6.04 Å². The minimum absolute atomic E-state index is 0.271. The summed E-state index contributed by atoms with van der Waals surface area (Å²) < 4.78 is 10.4. The maximum absolute atomic E-state index is 5.41. The predicted molar refractivity (Wildman–Crippen MR) is 58.2 cm³/mol. The quantitative estimate of drug-likeness (QED) is 0.273. The van der Waals surface area contributed by atoms with Crippen molar-refractivity contribution in [3.8, 4) is 0 Å². The lowest BCUT2D eigenvalue weighted by molar-refractivity contribution is 0.0512. The Bertz CT molecular complexity index is 78.3. The van der Waals surface area contributed by atoms with Crippen LogP contribution in [0.25, 0.3) is 0 Å². The van der Waals surface area contributed by atoms with Crippen LogP contribution in [0.4, 0.5) is 0 Å². The van der Waals surface area contributed by atoms with E-state index in [0.717, 1.165) is 30.1 Å². The van der Waals surface area contributed by atoms with Gasteiger partial charge in [0.05, 0.1) is 6.61 Å². The van der Waals surface area contributed by atoms with Gasteiger partial charge in [-0.1, -0.05) is 0 Å². The maximum Gasteiger partial charge on any atom is 0.282 e. The highest BCUT2D eigenvalue weighted by Gasteiger charge is 1.90. The Morgan fingerprint density at radius 1 is 1.50 bits per heavy atom. The van der Waals surface area contributed by atoms with Gasteiger partial charge in [0.25, 0.3) is 10.0 Å². The highest BCUT2D eigenvalue weighted by Crippen LogP contribution is 1.86. The van der Waals surface area contributed by atoms with Crippen molar-refractivity contribution in [2.75, 3.05) is 13.2 Å². The first-order valence-corrected chi connectivity index (χ1v) is 7.88. The first-order chi connectivity index (χ1) is 5.91. The van der Waals surface area contributed by atoms with Gasteiger partial charge in [0.15, 0.2) is 0 Å². The van der Waals surface area contributed by atoms with Crippen LogP contribution < -0.4 is 5.48 Å². The van der Waals surface area contributed by atoms with Gasteiger partial charge in [-0.25, -0.2) is 5.48 Å². The van der Waals surface area contributed by atoms with Gasteiger partial charge in [0, 0.05) is 6.54 Å². The zero-order valence-corrected chi connectivity index (χ0v) is 12.8. The number of hydrogen-bond donors (Lipinski definition) is 1. The summed E-state index contributed by atoms with van der Waals surface area (Å²) in [5.74, 6) is 0. The average molecular weight is 225 g/mol. The van der Waals surface area contributed by atoms with E-state index < -0.39 is 10.0 Å². The zero-order valence-electron chi connectivity index (χ0n) is 7.97. The number of hydrogen-bond acceptors (Lipinski definition) is 4. The predicted octanol–water partition coefficient (Wildman–Crippen LogP) is -2.27. The van der Waals surface area contributed by atoms with Crippen LogP contribution in [0.15, 0.2) is 0 Å². The van der Waals surface area contributed by atoms with Crippen LogP contribution in [0, 0.1) is 0 Å². The summed E-state index contributed by atoms with van der Waals surface area (Å²) in [6.07, 6.45) is 1.15. The van der Waals surface area contributed by atoms with Crippen molar-refractivity contribution >= 4 is 30.3 Å². The second kappa shape index (κ2) is 11.5. The van der Waals surface area contributed by atoms with Crippen molar-refractivity contribution in [1.82, 2.24) is 5.48 Å². The van der Waals surface area contributed by atoms with Crippen LogP contribution in [0.3, 0.4) is 0 Å². The topological polar surface area (TPSA) is 39.7 Å². The van der Waals surface area contributed by atoms with E-state index in [-0.39, 0.29) is 9.76 Å². The van der Waals surface area contributed by atoms with Gasteiger partial charge >= 0.3 is 0 Å².